The van der Waals surface area contributed by atoms with Crippen LogP contribution in [0.3, 0.4) is 0 Å². The maximum Gasteiger partial charge on any atom is 0.136 e. The van der Waals surface area contributed by atoms with Gasteiger partial charge in [-0.2, -0.15) is 0 Å². The number of nitrogens with zero attached hydrogens (tertiary/aromatic N) is 2. The molecule has 11 aromatic rings. The van der Waals surface area contributed by atoms with E-state index in [-0.39, 0.29) is 0 Å². The normalized spacial score (nSPS) is 12.0. The minimum atomic E-state index is 0.906. The average molecular weight is 657 g/mol. The van der Waals surface area contributed by atoms with Crippen molar-refractivity contribution in [2.75, 3.05) is 4.90 Å². The molecule has 3 nitrogen and oxygen atoms in total. The van der Waals surface area contributed by atoms with Gasteiger partial charge in [0.05, 0.1) is 11.0 Å². The van der Waals surface area contributed by atoms with E-state index in [2.05, 4.69) is 173 Å². The van der Waals surface area contributed by atoms with Crippen LogP contribution in [-0.2, 0) is 0 Å². The Morgan fingerprint density at radius 2 is 1.04 bits per heavy atom. The van der Waals surface area contributed by atoms with Crippen molar-refractivity contribution in [1.82, 2.24) is 4.57 Å². The summed E-state index contributed by atoms with van der Waals surface area (Å²) in [5.41, 5.74) is 8.68. The van der Waals surface area contributed by atoms with Crippen molar-refractivity contribution in [2.24, 2.45) is 0 Å². The van der Waals surface area contributed by atoms with Gasteiger partial charge in [-0.25, -0.2) is 0 Å². The zero-order valence-corrected chi connectivity index (χ0v) is 27.7. The summed E-state index contributed by atoms with van der Waals surface area (Å²) in [5, 5.41) is 9.68. The minimum Gasteiger partial charge on any atom is -0.456 e. The van der Waals surface area contributed by atoms with Crippen LogP contribution in [0.15, 0.2) is 174 Å². The molecule has 0 radical (unpaired) electrons. The number of anilines is 3. The van der Waals surface area contributed by atoms with Gasteiger partial charge >= 0.3 is 0 Å². The van der Waals surface area contributed by atoms with Gasteiger partial charge in [-0.1, -0.05) is 84.9 Å². The number of hydrogen-bond acceptors (Lipinski definition) is 3. The summed E-state index contributed by atoms with van der Waals surface area (Å²) in [5.74, 6) is 0. The van der Waals surface area contributed by atoms with Crippen LogP contribution in [-0.4, -0.2) is 4.57 Å². The third-order valence-corrected chi connectivity index (χ3v) is 11.3. The van der Waals surface area contributed by atoms with E-state index < -0.39 is 0 Å². The Kier molecular flexibility index (Phi) is 5.83. The number of benzene rings is 8. The number of para-hydroxylation sites is 3. The fourth-order valence-corrected chi connectivity index (χ4v) is 9.01. The summed E-state index contributed by atoms with van der Waals surface area (Å²) >= 11 is 1.85. The Balaban J connectivity index is 1.20. The monoisotopic (exact) mass is 656 g/mol. The molecular weight excluding hydrogens is 629 g/mol. The molecule has 234 valence electrons. The first-order chi connectivity index (χ1) is 24.8. The lowest BCUT2D eigenvalue weighted by Crippen LogP contribution is -2.10. The maximum absolute atomic E-state index is 6.32. The summed E-state index contributed by atoms with van der Waals surface area (Å²) in [7, 11) is 0. The Bertz CT molecular complexity index is 3110. The van der Waals surface area contributed by atoms with E-state index in [1.54, 1.807) is 0 Å². The molecule has 4 heteroatoms. The zero-order valence-electron chi connectivity index (χ0n) is 26.9. The van der Waals surface area contributed by atoms with Crippen molar-refractivity contribution in [1.29, 1.82) is 0 Å². The number of hydrogen-bond donors (Lipinski definition) is 0. The predicted molar refractivity (Wildman–Crippen MR) is 213 cm³/mol. The molecule has 0 saturated carbocycles. The molecule has 0 atom stereocenters. The molecule has 0 aliphatic heterocycles. The van der Waals surface area contributed by atoms with Gasteiger partial charge in [-0.3, -0.25) is 0 Å². The molecule has 3 heterocycles. The van der Waals surface area contributed by atoms with Crippen molar-refractivity contribution in [3.05, 3.63) is 170 Å². The summed E-state index contributed by atoms with van der Waals surface area (Å²) in [6, 6.07) is 61.4. The first-order valence-corrected chi connectivity index (χ1v) is 17.7. The third-order valence-electron chi connectivity index (χ3n) is 10.1. The summed E-state index contributed by atoms with van der Waals surface area (Å²) < 4.78 is 11.3. The van der Waals surface area contributed by atoms with Crippen LogP contribution in [0.25, 0.3) is 80.4 Å². The van der Waals surface area contributed by atoms with Gasteiger partial charge in [0.2, 0.25) is 0 Å². The predicted octanol–water partition coefficient (Wildman–Crippen LogP) is 13.7. The molecule has 0 amide bonds. The van der Waals surface area contributed by atoms with Crippen molar-refractivity contribution < 1.29 is 4.42 Å². The van der Waals surface area contributed by atoms with E-state index in [0.29, 0.717) is 0 Å². The average Bonchev–Trinajstić information content (AvgIpc) is 3.85. The smallest absolute Gasteiger partial charge is 0.136 e. The summed E-state index contributed by atoms with van der Waals surface area (Å²) in [6.07, 6.45) is 0. The lowest BCUT2D eigenvalue weighted by atomic mass is 10.0. The first-order valence-electron chi connectivity index (χ1n) is 16.9. The van der Waals surface area contributed by atoms with Crippen molar-refractivity contribution in [3.63, 3.8) is 0 Å². The molecule has 0 N–H and O–H groups in total. The fourth-order valence-electron chi connectivity index (χ4n) is 7.93. The number of furan rings is 1. The van der Waals surface area contributed by atoms with Gasteiger partial charge in [0.15, 0.2) is 0 Å². The van der Waals surface area contributed by atoms with Crippen LogP contribution in [0.4, 0.5) is 17.1 Å². The number of aromatic nitrogens is 1. The fraction of sp³-hybridized carbons (Fsp3) is 0. The Morgan fingerprint density at radius 3 is 1.92 bits per heavy atom. The van der Waals surface area contributed by atoms with Crippen LogP contribution < -0.4 is 4.90 Å². The zero-order chi connectivity index (χ0) is 32.8. The maximum atomic E-state index is 6.32. The summed E-state index contributed by atoms with van der Waals surface area (Å²) in [6.45, 7) is 0. The Hall–Kier alpha value is -6.36. The molecule has 0 fully saturated rings. The van der Waals surface area contributed by atoms with Crippen LogP contribution in [0.1, 0.15) is 0 Å². The van der Waals surface area contributed by atoms with E-state index in [1.165, 1.54) is 52.8 Å². The number of fused-ring (bicyclic) bond motifs is 11. The lowest BCUT2D eigenvalue weighted by molar-refractivity contribution is 0.669. The van der Waals surface area contributed by atoms with Gasteiger partial charge in [-0.05, 0) is 95.7 Å². The first kappa shape index (κ1) is 27.6. The van der Waals surface area contributed by atoms with E-state index >= 15 is 0 Å². The highest BCUT2D eigenvalue weighted by atomic mass is 32.1. The highest BCUT2D eigenvalue weighted by Crippen LogP contribution is 2.44. The van der Waals surface area contributed by atoms with Gasteiger partial charge in [0, 0.05) is 64.5 Å². The van der Waals surface area contributed by atoms with Crippen LogP contribution in [0.5, 0.6) is 0 Å². The molecule has 0 aliphatic rings. The number of rotatable bonds is 4. The molecule has 0 aliphatic carbocycles. The van der Waals surface area contributed by atoms with Crippen molar-refractivity contribution in [3.8, 4) is 5.69 Å². The molecule has 0 bridgehead atoms. The molecule has 3 aromatic heterocycles. The standard InChI is InChI=1S/C46H28N2OS/c1-2-10-30(11-3-1)48-40-15-7-4-12-34(40)38-27-32(21-23-41(38)48)47(33-22-25-45-39(28-33)35-13-6-9-17-44(35)50-45)31-20-18-29-19-24-43-46(37(29)26-31)36-14-5-8-16-42(36)49-43/h1-28H. The van der Waals surface area contributed by atoms with Crippen LogP contribution in [0, 0.1) is 0 Å². The Morgan fingerprint density at radius 1 is 0.420 bits per heavy atom. The molecule has 11 rings (SSSR count). The molecule has 0 saturated heterocycles. The van der Waals surface area contributed by atoms with Crippen molar-refractivity contribution in [2.45, 2.75) is 0 Å². The van der Waals surface area contributed by atoms with Gasteiger partial charge in [-0.15, -0.1) is 11.3 Å². The second-order valence-corrected chi connectivity index (χ2v) is 14.0. The summed E-state index contributed by atoms with van der Waals surface area (Å²) in [4.78, 5) is 2.42. The quantitative estimate of drug-likeness (QED) is 0.188. The van der Waals surface area contributed by atoms with Gasteiger partial charge in [0.1, 0.15) is 11.2 Å². The SMILES string of the molecule is c1ccc(-n2c3ccccc3c3cc(N(c4ccc5sc6ccccc6c5c4)c4ccc5ccc6oc7ccccc7c6c5c4)ccc32)cc1. The molecule has 50 heavy (non-hydrogen) atoms. The van der Waals surface area contributed by atoms with Gasteiger partial charge < -0.3 is 13.9 Å². The Labute approximate surface area is 291 Å². The molecule has 0 unspecified atom stereocenters. The second-order valence-electron chi connectivity index (χ2n) is 12.9. The van der Waals surface area contributed by atoms with E-state index in [1.807, 2.05) is 17.4 Å². The molecule has 0 spiro atoms. The largest absolute Gasteiger partial charge is 0.456 e. The van der Waals surface area contributed by atoms with Crippen LogP contribution >= 0.6 is 11.3 Å². The third kappa shape index (κ3) is 4.03. The second kappa shape index (κ2) is 10.6. The lowest BCUT2D eigenvalue weighted by Gasteiger charge is -2.26. The van der Waals surface area contributed by atoms with E-state index in [9.17, 15) is 0 Å². The number of thiophene rings is 1. The highest BCUT2D eigenvalue weighted by Gasteiger charge is 2.20. The van der Waals surface area contributed by atoms with E-state index in [0.717, 1.165) is 44.7 Å². The minimum absolute atomic E-state index is 0.906. The molecular formula is C46H28N2OS. The highest BCUT2D eigenvalue weighted by molar-refractivity contribution is 7.25. The topological polar surface area (TPSA) is 21.3 Å². The molecule has 8 aromatic carbocycles. The van der Waals surface area contributed by atoms with Crippen molar-refractivity contribution >= 4 is 103 Å². The van der Waals surface area contributed by atoms with E-state index in [4.69, 9.17) is 4.42 Å². The van der Waals surface area contributed by atoms with Gasteiger partial charge in [0.25, 0.3) is 0 Å². The van der Waals surface area contributed by atoms with Crippen LogP contribution in [0.2, 0.25) is 0 Å².